The first-order valence-electron chi connectivity index (χ1n) is 6.73. The van der Waals surface area contributed by atoms with Crippen molar-refractivity contribution >= 4 is 23.5 Å². The van der Waals surface area contributed by atoms with Crippen LogP contribution in [0.5, 0.6) is 0 Å². The van der Waals surface area contributed by atoms with Gasteiger partial charge in [0.1, 0.15) is 5.82 Å². The van der Waals surface area contributed by atoms with E-state index in [0.717, 1.165) is 31.1 Å². The van der Waals surface area contributed by atoms with Crippen molar-refractivity contribution in [3.05, 3.63) is 11.8 Å². The zero-order chi connectivity index (χ0) is 15.5. The van der Waals surface area contributed by atoms with Crippen LogP contribution in [-0.2, 0) is 6.18 Å². The number of aromatic nitrogens is 2. The van der Waals surface area contributed by atoms with Crippen molar-refractivity contribution in [3.63, 3.8) is 0 Å². The van der Waals surface area contributed by atoms with E-state index in [0.29, 0.717) is 5.25 Å². The first-order chi connectivity index (χ1) is 9.92. The third kappa shape index (κ3) is 4.37. The molecule has 1 aromatic heterocycles. The van der Waals surface area contributed by atoms with Crippen molar-refractivity contribution in [2.24, 2.45) is 5.84 Å². The number of alkyl halides is 3. The van der Waals surface area contributed by atoms with Gasteiger partial charge in [0, 0.05) is 17.4 Å². The summed E-state index contributed by atoms with van der Waals surface area (Å²) in [6.07, 6.45) is -1.61. The molecule has 0 amide bonds. The highest BCUT2D eigenvalue weighted by Crippen LogP contribution is 2.33. The summed E-state index contributed by atoms with van der Waals surface area (Å²) >= 11 is 1.88. The molecule has 2 unspecified atom stereocenters. The number of nitrogen functional groups attached to an aromatic ring is 1. The molecule has 1 saturated carbocycles. The summed E-state index contributed by atoms with van der Waals surface area (Å²) in [6, 6.07) is 1.05. The first-order valence-corrected chi connectivity index (χ1v) is 7.78. The average Bonchev–Trinajstić information content (AvgIpc) is 2.85. The summed E-state index contributed by atoms with van der Waals surface area (Å²) in [5, 5.41) is 3.62. The number of halogens is 3. The quantitative estimate of drug-likeness (QED) is 0.572. The van der Waals surface area contributed by atoms with Crippen molar-refractivity contribution in [1.29, 1.82) is 0 Å². The number of nitrogens with zero attached hydrogens (tertiary/aromatic N) is 2. The van der Waals surface area contributed by atoms with Crippen LogP contribution in [0.4, 0.5) is 24.9 Å². The van der Waals surface area contributed by atoms with Gasteiger partial charge in [-0.3, -0.25) is 5.43 Å². The molecule has 0 aromatic carbocycles. The third-order valence-electron chi connectivity index (χ3n) is 3.28. The molecule has 0 aliphatic heterocycles. The van der Waals surface area contributed by atoms with E-state index in [-0.39, 0.29) is 17.8 Å². The van der Waals surface area contributed by atoms with Gasteiger partial charge in [-0.15, -0.1) is 0 Å². The van der Waals surface area contributed by atoms with Gasteiger partial charge in [-0.05, 0) is 25.0 Å². The van der Waals surface area contributed by atoms with E-state index >= 15 is 0 Å². The molecule has 0 bridgehead atoms. The lowest BCUT2D eigenvalue weighted by atomic mass is 10.2. The zero-order valence-corrected chi connectivity index (χ0v) is 12.4. The highest BCUT2D eigenvalue weighted by Gasteiger charge is 2.34. The van der Waals surface area contributed by atoms with Crippen molar-refractivity contribution in [1.82, 2.24) is 9.97 Å². The zero-order valence-electron chi connectivity index (χ0n) is 11.6. The number of rotatable bonds is 5. The number of hydrogen-bond donors (Lipinski definition) is 3. The predicted octanol–water partition coefficient (Wildman–Crippen LogP) is 2.87. The van der Waals surface area contributed by atoms with E-state index in [1.165, 1.54) is 0 Å². The maximum Gasteiger partial charge on any atom is 0.433 e. The molecule has 9 heteroatoms. The van der Waals surface area contributed by atoms with Crippen molar-refractivity contribution < 1.29 is 13.2 Å². The van der Waals surface area contributed by atoms with Gasteiger partial charge in [0.15, 0.2) is 5.69 Å². The van der Waals surface area contributed by atoms with Gasteiger partial charge in [-0.25, -0.2) is 10.8 Å². The van der Waals surface area contributed by atoms with Gasteiger partial charge >= 0.3 is 6.18 Å². The van der Waals surface area contributed by atoms with E-state index in [1.807, 2.05) is 11.8 Å². The maximum atomic E-state index is 12.8. The molecular formula is C12H18F3N5S. The monoisotopic (exact) mass is 321 g/mol. The number of nitrogens with one attached hydrogen (secondary N) is 2. The van der Waals surface area contributed by atoms with Crippen LogP contribution in [0, 0.1) is 0 Å². The smallest absolute Gasteiger partial charge is 0.367 e. The Balaban J connectivity index is 2.09. The average molecular weight is 321 g/mol. The molecule has 2 rings (SSSR count). The fourth-order valence-electron chi connectivity index (χ4n) is 2.40. The molecule has 118 valence electrons. The van der Waals surface area contributed by atoms with Crippen LogP contribution in [0.2, 0.25) is 0 Å². The number of thioether (sulfide) groups is 1. The van der Waals surface area contributed by atoms with E-state index < -0.39 is 11.9 Å². The van der Waals surface area contributed by atoms with Gasteiger partial charge < -0.3 is 5.32 Å². The number of hydrazine groups is 1. The molecular weight excluding hydrogens is 303 g/mol. The fourth-order valence-corrected chi connectivity index (χ4v) is 3.54. The third-order valence-corrected chi connectivity index (χ3v) is 4.52. The van der Waals surface area contributed by atoms with Gasteiger partial charge in [0.05, 0.1) is 0 Å². The summed E-state index contributed by atoms with van der Waals surface area (Å²) < 4.78 is 38.3. The molecule has 5 nitrogen and oxygen atoms in total. The Labute approximate surface area is 125 Å². The molecule has 0 spiro atoms. The van der Waals surface area contributed by atoms with Crippen LogP contribution in [0.25, 0.3) is 0 Å². The highest BCUT2D eigenvalue weighted by molar-refractivity contribution is 7.99. The molecule has 1 heterocycles. The van der Waals surface area contributed by atoms with Crippen LogP contribution in [0.3, 0.4) is 0 Å². The standard InChI is InChI=1S/C12H18F3N5S/c1-2-21-8-4-3-7(5-8)17-10-6-9(12(13,14)15)18-11(19-10)20-16/h6-8H,2-5,16H2,1H3,(H2,17,18,19,20). The molecule has 2 atom stereocenters. The molecule has 1 fully saturated rings. The number of nitrogens with two attached hydrogens (primary N) is 1. The van der Waals surface area contributed by atoms with E-state index in [2.05, 4.69) is 27.6 Å². The molecule has 1 aliphatic rings. The number of hydrogen-bond acceptors (Lipinski definition) is 6. The van der Waals surface area contributed by atoms with Crippen LogP contribution < -0.4 is 16.6 Å². The van der Waals surface area contributed by atoms with Crippen LogP contribution >= 0.6 is 11.8 Å². The van der Waals surface area contributed by atoms with Crippen LogP contribution in [-0.4, -0.2) is 27.0 Å². The summed E-state index contributed by atoms with van der Waals surface area (Å²) in [6.45, 7) is 2.10. The SMILES string of the molecule is CCSC1CCC(Nc2cc(C(F)(F)F)nc(NN)n2)C1. The fraction of sp³-hybridized carbons (Fsp3) is 0.667. The van der Waals surface area contributed by atoms with Crippen molar-refractivity contribution in [2.75, 3.05) is 16.5 Å². The molecule has 0 radical (unpaired) electrons. The Bertz CT molecular complexity index is 482. The Kier molecular flexibility index (Phi) is 5.15. The van der Waals surface area contributed by atoms with Gasteiger partial charge in [0.25, 0.3) is 0 Å². The van der Waals surface area contributed by atoms with E-state index in [4.69, 9.17) is 5.84 Å². The molecule has 1 aliphatic carbocycles. The van der Waals surface area contributed by atoms with Gasteiger partial charge in [0.2, 0.25) is 5.95 Å². The minimum Gasteiger partial charge on any atom is -0.367 e. The van der Waals surface area contributed by atoms with Crippen molar-refractivity contribution in [3.8, 4) is 0 Å². The normalized spacial score (nSPS) is 22.3. The number of anilines is 2. The lowest BCUT2D eigenvalue weighted by Gasteiger charge is -2.16. The van der Waals surface area contributed by atoms with E-state index in [1.54, 1.807) is 0 Å². The van der Waals surface area contributed by atoms with Crippen LogP contribution in [0.15, 0.2) is 6.07 Å². The molecule has 0 saturated heterocycles. The van der Waals surface area contributed by atoms with Crippen molar-refractivity contribution in [2.45, 2.75) is 43.7 Å². The summed E-state index contributed by atoms with van der Waals surface area (Å²) in [5.74, 6) is 6.08. The summed E-state index contributed by atoms with van der Waals surface area (Å²) in [7, 11) is 0. The Hall–Kier alpha value is -1.22. The van der Waals surface area contributed by atoms with Crippen LogP contribution in [0.1, 0.15) is 31.9 Å². The highest BCUT2D eigenvalue weighted by atomic mass is 32.2. The second-order valence-corrected chi connectivity index (χ2v) is 6.41. The van der Waals surface area contributed by atoms with Gasteiger partial charge in [-0.1, -0.05) is 6.92 Å². The lowest BCUT2D eigenvalue weighted by Crippen LogP contribution is -2.20. The molecule has 1 aromatic rings. The van der Waals surface area contributed by atoms with Gasteiger partial charge in [-0.2, -0.15) is 29.9 Å². The maximum absolute atomic E-state index is 12.8. The largest absolute Gasteiger partial charge is 0.433 e. The molecule has 21 heavy (non-hydrogen) atoms. The molecule has 4 N–H and O–H groups in total. The Morgan fingerprint density at radius 1 is 1.38 bits per heavy atom. The second-order valence-electron chi connectivity index (χ2n) is 4.84. The Morgan fingerprint density at radius 3 is 2.76 bits per heavy atom. The minimum atomic E-state index is -4.53. The topological polar surface area (TPSA) is 75.9 Å². The summed E-state index contributed by atoms with van der Waals surface area (Å²) in [4.78, 5) is 7.26. The minimum absolute atomic E-state index is 0.135. The second kappa shape index (κ2) is 6.69. The first kappa shape index (κ1) is 16.2. The summed E-state index contributed by atoms with van der Waals surface area (Å²) in [5.41, 5.74) is 1.06. The lowest BCUT2D eigenvalue weighted by molar-refractivity contribution is -0.141. The predicted molar refractivity (Wildman–Crippen MR) is 78.0 cm³/mol. The van der Waals surface area contributed by atoms with E-state index in [9.17, 15) is 13.2 Å². The Morgan fingerprint density at radius 2 is 2.14 bits per heavy atom.